The minimum Gasteiger partial charge on any atom is -0.467 e. The Bertz CT molecular complexity index is 1160. The zero-order valence-corrected chi connectivity index (χ0v) is 16.9. The molecule has 0 spiro atoms. The number of amides is 1. The minimum absolute atomic E-state index is 0.150. The van der Waals surface area contributed by atoms with Crippen LogP contribution in [0.15, 0.2) is 70.2 Å². The molecule has 1 amide bonds. The summed E-state index contributed by atoms with van der Waals surface area (Å²) in [4.78, 5) is 19.0. The van der Waals surface area contributed by atoms with E-state index in [-0.39, 0.29) is 31.3 Å². The van der Waals surface area contributed by atoms with E-state index >= 15 is 0 Å². The van der Waals surface area contributed by atoms with Gasteiger partial charge in [0.15, 0.2) is 5.76 Å². The predicted molar refractivity (Wildman–Crippen MR) is 108 cm³/mol. The molecule has 31 heavy (non-hydrogen) atoms. The Morgan fingerprint density at radius 2 is 2.06 bits per heavy atom. The van der Waals surface area contributed by atoms with Crippen LogP contribution in [0.4, 0.5) is 8.78 Å². The maximum atomic E-state index is 14.3. The van der Waals surface area contributed by atoms with Gasteiger partial charge in [0.05, 0.1) is 32.2 Å². The second-order valence-corrected chi connectivity index (χ2v) is 7.26. The van der Waals surface area contributed by atoms with Crippen molar-refractivity contribution in [1.29, 1.82) is 0 Å². The number of halogens is 2. The van der Waals surface area contributed by atoms with Crippen molar-refractivity contribution in [2.75, 3.05) is 0 Å². The summed E-state index contributed by atoms with van der Waals surface area (Å²) in [5.41, 5.74) is 1.59. The zero-order valence-electron chi connectivity index (χ0n) is 16.9. The van der Waals surface area contributed by atoms with E-state index in [4.69, 9.17) is 8.83 Å². The molecule has 0 saturated carbocycles. The topological polar surface area (TPSA) is 64.4 Å². The van der Waals surface area contributed by atoms with Gasteiger partial charge in [-0.05, 0) is 48.4 Å². The van der Waals surface area contributed by atoms with Gasteiger partial charge in [0, 0.05) is 18.0 Å². The van der Waals surface area contributed by atoms with Crippen LogP contribution in [0.2, 0.25) is 0 Å². The largest absolute Gasteiger partial charge is 0.467 e. The Morgan fingerprint density at radius 1 is 1.19 bits per heavy atom. The molecule has 4 aromatic rings. The van der Waals surface area contributed by atoms with Crippen molar-refractivity contribution < 1.29 is 22.4 Å². The first-order valence-corrected chi connectivity index (χ1v) is 9.73. The van der Waals surface area contributed by atoms with Gasteiger partial charge in [0.1, 0.15) is 24.1 Å². The highest BCUT2D eigenvalue weighted by molar-refractivity contribution is 5.91. The van der Waals surface area contributed by atoms with Crippen LogP contribution in [0.1, 0.15) is 38.8 Å². The number of nitrogens with zero attached hydrogens (tertiary/aromatic N) is 3. The molecule has 8 heteroatoms. The number of alkyl halides is 1. The van der Waals surface area contributed by atoms with Gasteiger partial charge in [-0.1, -0.05) is 6.07 Å². The summed E-state index contributed by atoms with van der Waals surface area (Å²) in [5, 5.41) is 0. The molecule has 4 rings (SSSR count). The van der Waals surface area contributed by atoms with Crippen LogP contribution in [0, 0.1) is 12.7 Å². The molecule has 0 aliphatic carbocycles. The lowest BCUT2D eigenvalue weighted by Gasteiger charge is -2.21. The van der Waals surface area contributed by atoms with Gasteiger partial charge < -0.3 is 18.3 Å². The van der Waals surface area contributed by atoms with Crippen molar-refractivity contribution in [3.63, 3.8) is 0 Å². The predicted octanol–water partition coefficient (Wildman–Crippen LogP) is 4.88. The number of rotatable bonds is 8. The standard InChI is InChI=1S/C23H21F2N3O3/c1-16-9-21(31-15-16)23(29)28(13-19-3-2-8-30-19)14-22-26-6-7-27(22)12-18-10-17(11-24)4-5-20(18)25/h2-10,15H,11-14H2,1H3. The lowest BCUT2D eigenvalue weighted by molar-refractivity contribution is 0.0678. The van der Waals surface area contributed by atoms with Crippen LogP contribution in [0.5, 0.6) is 0 Å². The van der Waals surface area contributed by atoms with Crippen LogP contribution < -0.4 is 0 Å². The van der Waals surface area contributed by atoms with Gasteiger partial charge in [0.25, 0.3) is 5.91 Å². The summed E-state index contributed by atoms with van der Waals surface area (Å²) in [5.74, 6) is 0.629. The van der Waals surface area contributed by atoms with Crippen molar-refractivity contribution in [3.8, 4) is 0 Å². The number of hydrogen-bond donors (Lipinski definition) is 0. The van der Waals surface area contributed by atoms with Crippen LogP contribution in [-0.4, -0.2) is 20.4 Å². The normalized spacial score (nSPS) is 11.1. The van der Waals surface area contributed by atoms with E-state index in [0.717, 1.165) is 5.56 Å². The number of hydrogen-bond acceptors (Lipinski definition) is 4. The minimum atomic E-state index is -0.669. The van der Waals surface area contributed by atoms with E-state index in [1.54, 1.807) is 40.1 Å². The fourth-order valence-electron chi connectivity index (χ4n) is 3.31. The molecule has 0 aliphatic heterocycles. The number of furan rings is 2. The molecule has 0 bridgehead atoms. The molecule has 1 aromatic carbocycles. The quantitative estimate of drug-likeness (QED) is 0.404. The summed E-state index contributed by atoms with van der Waals surface area (Å²) in [6.07, 6.45) is 6.33. The zero-order chi connectivity index (χ0) is 21.8. The fraction of sp³-hybridized carbons (Fsp3) is 0.217. The Balaban J connectivity index is 1.59. The van der Waals surface area contributed by atoms with Gasteiger partial charge in [-0.2, -0.15) is 0 Å². The van der Waals surface area contributed by atoms with Gasteiger partial charge >= 0.3 is 0 Å². The molecule has 0 atom stereocenters. The summed E-state index contributed by atoms with van der Waals surface area (Å²) in [7, 11) is 0. The molecule has 0 radical (unpaired) electrons. The highest BCUT2D eigenvalue weighted by atomic mass is 19.1. The monoisotopic (exact) mass is 425 g/mol. The Kier molecular flexibility index (Phi) is 5.97. The number of carbonyl (C=O) groups excluding carboxylic acids is 1. The average Bonchev–Trinajstić information content (AvgIpc) is 3.52. The molecule has 3 heterocycles. The van der Waals surface area contributed by atoms with Crippen molar-refractivity contribution in [2.24, 2.45) is 0 Å². The third-order valence-corrected chi connectivity index (χ3v) is 4.89. The molecule has 6 nitrogen and oxygen atoms in total. The molecule has 3 aromatic heterocycles. The highest BCUT2D eigenvalue weighted by Gasteiger charge is 2.22. The van der Waals surface area contributed by atoms with E-state index in [0.29, 0.717) is 22.7 Å². The Morgan fingerprint density at radius 3 is 2.77 bits per heavy atom. The number of carbonyl (C=O) groups is 1. The maximum Gasteiger partial charge on any atom is 0.290 e. The first kappa shape index (κ1) is 20.6. The summed E-state index contributed by atoms with van der Waals surface area (Å²) >= 11 is 0. The van der Waals surface area contributed by atoms with Gasteiger partial charge in [0.2, 0.25) is 0 Å². The van der Waals surface area contributed by atoms with E-state index in [9.17, 15) is 13.6 Å². The molecule has 0 unspecified atom stereocenters. The van der Waals surface area contributed by atoms with Crippen LogP contribution in [0.3, 0.4) is 0 Å². The van der Waals surface area contributed by atoms with Crippen molar-refractivity contribution in [3.05, 3.63) is 101 Å². The van der Waals surface area contributed by atoms with Gasteiger partial charge in [-0.3, -0.25) is 4.79 Å². The second kappa shape index (κ2) is 8.99. The molecule has 0 N–H and O–H groups in total. The highest BCUT2D eigenvalue weighted by Crippen LogP contribution is 2.18. The van der Waals surface area contributed by atoms with E-state index in [2.05, 4.69) is 4.98 Å². The van der Waals surface area contributed by atoms with E-state index in [1.807, 2.05) is 6.92 Å². The lowest BCUT2D eigenvalue weighted by atomic mass is 10.1. The first-order valence-electron chi connectivity index (χ1n) is 9.73. The first-order chi connectivity index (χ1) is 15.0. The maximum absolute atomic E-state index is 14.3. The van der Waals surface area contributed by atoms with Crippen LogP contribution in [-0.2, 0) is 26.3 Å². The number of imidazole rings is 1. The summed E-state index contributed by atoms with van der Waals surface area (Å²) < 4.78 is 39.8. The third-order valence-electron chi connectivity index (χ3n) is 4.89. The summed E-state index contributed by atoms with van der Waals surface area (Å²) in [6.45, 7) is 1.69. The van der Waals surface area contributed by atoms with Gasteiger partial charge in [-0.15, -0.1) is 0 Å². The lowest BCUT2D eigenvalue weighted by Crippen LogP contribution is -2.31. The molecule has 0 aliphatic rings. The van der Waals surface area contributed by atoms with Crippen molar-refractivity contribution in [1.82, 2.24) is 14.5 Å². The van der Waals surface area contributed by atoms with Crippen LogP contribution >= 0.6 is 0 Å². The van der Waals surface area contributed by atoms with E-state index in [1.165, 1.54) is 30.7 Å². The van der Waals surface area contributed by atoms with Gasteiger partial charge in [-0.25, -0.2) is 13.8 Å². The fourth-order valence-corrected chi connectivity index (χ4v) is 3.31. The Labute approximate surface area is 177 Å². The number of benzene rings is 1. The average molecular weight is 425 g/mol. The number of aryl methyl sites for hydroxylation is 1. The van der Waals surface area contributed by atoms with E-state index < -0.39 is 12.5 Å². The summed E-state index contributed by atoms with van der Waals surface area (Å²) in [6, 6.07) is 9.36. The van der Waals surface area contributed by atoms with Crippen molar-refractivity contribution >= 4 is 5.91 Å². The molecular formula is C23H21F2N3O3. The molecular weight excluding hydrogens is 404 g/mol. The van der Waals surface area contributed by atoms with Crippen molar-refractivity contribution in [2.45, 2.75) is 33.2 Å². The Hall–Kier alpha value is -3.68. The molecule has 160 valence electrons. The SMILES string of the molecule is Cc1coc(C(=O)N(Cc2ccco2)Cc2nccn2Cc2cc(CF)ccc2F)c1. The third kappa shape index (κ3) is 4.74. The molecule has 0 saturated heterocycles. The molecule has 0 fully saturated rings. The second-order valence-electron chi connectivity index (χ2n) is 7.26. The number of aromatic nitrogens is 2. The smallest absolute Gasteiger partial charge is 0.290 e. The van der Waals surface area contributed by atoms with Crippen LogP contribution in [0.25, 0.3) is 0 Å².